The van der Waals surface area contributed by atoms with E-state index in [-0.39, 0.29) is 5.92 Å². The number of fused-ring (bicyclic) bond motifs is 1. The van der Waals surface area contributed by atoms with E-state index in [9.17, 15) is 14.7 Å². The van der Waals surface area contributed by atoms with Gasteiger partial charge in [-0.15, -0.1) is 0 Å². The van der Waals surface area contributed by atoms with Crippen molar-refractivity contribution in [3.05, 3.63) is 87.5 Å². The van der Waals surface area contributed by atoms with Crippen molar-refractivity contribution in [3.63, 3.8) is 0 Å². The molecule has 0 bridgehead atoms. The lowest BCUT2D eigenvalue weighted by atomic mass is 9.87. The molecule has 3 aromatic carbocycles. The molecule has 1 saturated carbocycles. The van der Waals surface area contributed by atoms with Gasteiger partial charge in [0.15, 0.2) is 5.78 Å². The van der Waals surface area contributed by atoms with Crippen molar-refractivity contribution in [2.45, 2.75) is 59.5 Å². The van der Waals surface area contributed by atoms with Crippen molar-refractivity contribution in [2.24, 2.45) is 11.8 Å². The van der Waals surface area contributed by atoms with Crippen LogP contribution in [-0.2, 0) is 13.0 Å². The first-order valence-corrected chi connectivity index (χ1v) is 12.6. The van der Waals surface area contributed by atoms with E-state index in [4.69, 9.17) is 4.74 Å². The zero-order chi connectivity index (χ0) is 24.7. The van der Waals surface area contributed by atoms with E-state index in [1.54, 1.807) is 12.1 Å². The number of carbonyl (C=O) groups excluding carboxylic acids is 1. The van der Waals surface area contributed by atoms with Gasteiger partial charge >= 0.3 is 5.97 Å². The van der Waals surface area contributed by atoms with Crippen LogP contribution in [0.4, 0.5) is 0 Å². The van der Waals surface area contributed by atoms with Gasteiger partial charge in [0, 0.05) is 11.5 Å². The summed E-state index contributed by atoms with van der Waals surface area (Å²) in [6.07, 6.45) is 5.69. The van der Waals surface area contributed by atoms with Crippen LogP contribution in [0.25, 0.3) is 11.1 Å². The van der Waals surface area contributed by atoms with E-state index < -0.39 is 5.97 Å². The molecule has 0 aliphatic heterocycles. The molecule has 3 aromatic rings. The van der Waals surface area contributed by atoms with Gasteiger partial charge in [-0.3, -0.25) is 4.79 Å². The predicted molar refractivity (Wildman–Crippen MR) is 137 cm³/mol. The molecular formula is C31H32O4. The second kappa shape index (κ2) is 9.33. The molecule has 1 atom stereocenters. The number of benzene rings is 3. The summed E-state index contributed by atoms with van der Waals surface area (Å²) in [5.74, 6) is 0.938. The molecule has 5 rings (SSSR count). The summed E-state index contributed by atoms with van der Waals surface area (Å²) in [7, 11) is 0. The van der Waals surface area contributed by atoms with Gasteiger partial charge < -0.3 is 9.84 Å². The number of hydrogen-bond donors (Lipinski definition) is 1. The van der Waals surface area contributed by atoms with Gasteiger partial charge in [-0.1, -0.05) is 43.2 Å². The molecule has 0 radical (unpaired) electrons. The second-order valence-electron chi connectivity index (χ2n) is 10.2. The number of carboxylic acids is 1. The number of rotatable bonds is 6. The van der Waals surface area contributed by atoms with Crippen LogP contribution in [0.1, 0.15) is 74.2 Å². The SMILES string of the molecule is Cc1c(C(=O)O)cccc1-c1cccc(COc2cc3c(c(C)c2C)C(=O)C(C2CCCC2)C3)c1. The molecule has 0 saturated heterocycles. The third-order valence-corrected chi connectivity index (χ3v) is 8.12. The van der Waals surface area contributed by atoms with Gasteiger partial charge in [-0.05, 0) is 103 Å². The predicted octanol–water partition coefficient (Wildman–Crippen LogP) is 7.10. The van der Waals surface area contributed by atoms with E-state index in [1.165, 1.54) is 25.7 Å². The molecule has 35 heavy (non-hydrogen) atoms. The summed E-state index contributed by atoms with van der Waals surface area (Å²) < 4.78 is 6.30. The number of carbonyl (C=O) groups is 2. The zero-order valence-corrected chi connectivity index (χ0v) is 20.7. The first-order chi connectivity index (χ1) is 16.8. The van der Waals surface area contributed by atoms with Crippen molar-refractivity contribution in [1.29, 1.82) is 0 Å². The van der Waals surface area contributed by atoms with Crippen molar-refractivity contribution in [1.82, 2.24) is 0 Å². The van der Waals surface area contributed by atoms with Crippen molar-refractivity contribution in [3.8, 4) is 16.9 Å². The third-order valence-electron chi connectivity index (χ3n) is 8.12. The normalized spacial score (nSPS) is 17.6. The Bertz CT molecular complexity index is 1310. The molecule has 2 aliphatic carbocycles. The molecule has 1 N–H and O–H groups in total. The summed E-state index contributed by atoms with van der Waals surface area (Å²) >= 11 is 0. The lowest BCUT2D eigenvalue weighted by Crippen LogP contribution is -2.18. The summed E-state index contributed by atoms with van der Waals surface area (Å²) in [5.41, 5.74) is 8.13. The maximum atomic E-state index is 13.2. The topological polar surface area (TPSA) is 63.6 Å². The Kier molecular flexibility index (Phi) is 6.22. The van der Waals surface area contributed by atoms with Crippen LogP contribution in [0.2, 0.25) is 0 Å². The monoisotopic (exact) mass is 468 g/mol. The maximum Gasteiger partial charge on any atom is 0.335 e. The summed E-state index contributed by atoms with van der Waals surface area (Å²) in [6.45, 7) is 6.34. The number of ketones is 1. The van der Waals surface area contributed by atoms with Gasteiger partial charge in [0.05, 0.1) is 5.56 Å². The van der Waals surface area contributed by atoms with Gasteiger partial charge in [-0.25, -0.2) is 4.79 Å². The Morgan fingerprint density at radius 1 is 0.971 bits per heavy atom. The van der Waals surface area contributed by atoms with E-state index >= 15 is 0 Å². The number of Topliss-reactive ketones (excluding diaryl/α,β-unsaturated/α-hetero) is 1. The number of hydrogen-bond acceptors (Lipinski definition) is 3. The Morgan fingerprint density at radius 3 is 2.46 bits per heavy atom. The molecule has 1 fully saturated rings. The van der Waals surface area contributed by atoms with Crippen LogP contribution in [0.5, 0.6) is 5.75 Å². The van der Waals surface area contributed by atoms with Crippen LogP contribution in [-0.4, -0.2) is 16.9 Å². The average Bonchev–Trinajstić information content (AvgIpc) is 3.48. The fraction of sp³-hybridized carbons (Fsp3) is 0.355. The minimum atomic E-state index is -0.917. The fourth-order valence-corrected chi connectivity index (χ4v) is 6.03. The molecule has 4 heteroatoms. The molecule has 4 nitrogen and oxygen atoms in total. The quantitative estimate of drug-likeness (QED) is 0.419. The minimum Gasteiger partial charge on any atom is -0.489 e. The van der Waals surface area contributed by atoms with Crippen LogP contribution in [0, 0.1) is 32.6 Å². The Hall–Kier alpha value is -3.40. The Balaban J connectivity index is 1.38. The highest BCUT2D eigenvalue weighted by molar-refractivity contribution is 6.04. The highest BCUT2D eigenvalue weighted by Crippen LogP contribution is 2.43. The lowest BCUT2D eigenvalue weighted by Gasteiger charge is -2.16. The van der Waals surface area contributed by atoms with Gasteiger partial charge in [0.1, 0.15) is 12.4 Å². The van der Waals surface area contributed by atoms with Crippen LogP contribution in [0.3, 0.4) is 0 Å². The number of ether oxygens (including phenoxy) is 1. The Morgan fingerprint density at radius 2 is 1.71 bits per heavy atom. The van der Waals surface area contributed by atoms with E-state index in [2.05, 4.69) is 19.1 Å². The van der Waals surface area contributed by atoms with E-state index in [0.29, 0.717) is 23.9 Å². The number of carboxylic acid groups (broad SMARTS) is 1. The lowest BCUT2D eigenvalue weighted by molar-refractivity contribution is 0.0695. The van der Waals surface area contributed by atoms with Crippen LogP contribution >= 0.6 is 0 Å². The van der Waals surface area contributed by atoms with Crippen LogP contribution < -0.4 is 4.74 Å². The highest BCUT2D eigenvalue weighted by atomic mass is 16.5. The van der Waals surface area contributed by atoms with Gasteiger partial charge in [-0.2, -0.15) is 0 Å². The number of aromatic carboxylic acids is 1. The smallest absolute Gasteiger partial charge is 0.335 e. The van der Waals surface area contributed by atoms with Crippen LogP contribution in [0.15, 0.2) is 48.5 Å². The van der Waals surface area contributed by atoms with Gasteiger partial charge in [0.25, 0.3) is 0 Å². The van der Waals surface area contributed by atoms with Crippen molar-refractivity contribution < 1.29 is 19.4 Å². The summed E-state index contributed by atoms with van der Waals surface area (Å²) in [6, 6.07) is 15.5. The molecule has 0 spiro atoms. The average molecular weight is 469 g/mol. The zero-order valence-electron chi connectivity index (χ0n) is 20.7. The summed E-state index contributed by atoms with van der Waals surface area (Å²) in [4.78, 5) is 24.8. The van der Waals surface area contributed by atoms with Crippen molar-refractivity contribution >= 4 is 11.8 Å². The standard InChI is InChI=1S/C31H32O4/c1-18-19(2)29-24(15-27(30(29)32)22-9-4-5-10-22)16-28(18)35-17-21-8-6-11-23(14-21)25-12-7-13-26(20(25)3)31(33)34/h6-8,11-14,16,22,27H,4-5,9-10,15,17H2,1-3H3,(H,33,34). The molecule has 0 aromatic heterocycles. The van der Waals surface area contributed by atoms with Gasteiger partial charge in [0.2, 0.25) is 0 Å². The first kappa shape index (κ1) is 23.3. The second-order valence-corrected chi connectivity index (χ2v) is 10.2. The fourth-order valence-electron chi connectivity index (χ4n) is 6.03. The summed E-state index contributed by atoms with van der Waals surface area (Å²) in [5, 5.41) is 9.47. The van der Waals surface area contributed by atoms with Crippen molar-refractivity contribution in [2.75, 3.05) is 0 Å². The largest absolute Gasteiger partial charge is 0.489 e. The van der Waals surface area contributed by atoms with E-state index in [1.807, 2.05) is 38.1 Å². The molecule has 1 unspecified atom stereocenters. The first-order valence-electron chi connectivity index (χ1n) is 12.6. The van der Waals surface area contributed by atoms with E-state index in [0.717, 1.165) is 56.7 Å². The molecule has 0 amide bonds. The molecule has 0 heterocycles. The highest BCUT2D eigenvalue weighted by Gasteiger charge is 2.39. The molecular weight excluding hydrogens is 436 g/mol. The molecule has 180 valence electrons. The minimum absolute atomic E-state index is 0.141. The Labute approximate surface area is 207 Å². The molecule has 2 aliphatic rings. The maximum absolute atomic E-state index is 13.2. The third kappa shape index (κ3) is 4.27.